The van der Waals surface area contributed by atoms with Gasteiger partial charge in [-0.1, -0.05) is 24.2 Å². The summed E-state index contributed by atoms with van der Waals surface area (Å²) in [4.78, 5) is 62.3. The molecule has 61 heavy (non-hydrogen) atoms. The van der Waals surface area contributed by atoms with Gasteiger partial charge in [-0.2, -0.15) is 4.98 Å². The molecule has 16 heteroatoms. The van der Waals surface area contributed by atoms with Crippen molar-refractivity contribution in [1.29, 1.82) is 0 Å². The number of fused-ring (bicyclic) bond motifs is 1. The average Bonchev–Trinajstić information content (AvgIpc) is 3.61. The van der Waals surface area contributed by atoms with Gasteiger partial charge in [0.05, 0.1) is 11.7 Å². The molecule has 2 saturated heterocycles. The van der Waals surface area contributed by atoms with Crippen molar-refractivity contribution in [2.75, 3.05) is 54.4 Å². The van der Waals surface area contributed by atoms with Crippen molar-refractivity contribution < 1.29 is 18.9 Å². The molecule has 4 aromatic heterocycles. The van der Waals surface area contributed by atoms with Crippen LogP contribution in [0.2, 0.25) is 0 Å². The first kappa shape index (κ1) is 39.8. The van der Waals surface area contributed by atoms with Crippen molar-refractivity contribution in [3.8, 4) is 22.5 Å². The molecule has 0 radical (unpaired) electrons. The molecule has 16 nitrogen and oxygen atoms in total. The lowest BCUT2D eigenvalue weighted by atomic mass is 9.96. The molecular formula is C45H50N12O4. The number of carbonyl (C=O) groups is 3. The fraction of sp³-hybridized carbons (Fsp3) is 0.378. The van der Waals surface area contributed by atoms with Gasteiger partial charge < -0.3 is 30.4 Å². The molecule has 0 unspecified atom stereocenters. The van der Waals surface area contributed by atoms with Crippen molar-refractivity contribution in [1.82, 2.24) is 46.0 Å². The Kier molecular flexibility index (Phi) is 10.9. The number of piperidine rings is 1. The number of carbonyl (C=O) groups excluding carboxylic acids is 3. The summed E-state index contributed by atoms with van der Waals surface area (Å²) in [6, 6.07) is 19.6. The van der Waals surface area contributed by atoms with Gasteiger partial charge >= 0.3 is 6.03 Å². The number of amides is 4. The van der Waals surface area contributed by atoms with E-state index in [1.54, 1.807) is 11.2 Å². The van der Waals surface area contributed by atoms with E-state index in [-0.39, 0.29) is 35.1 Å². The zero-order valence-corrected chi connectivity index (χ0v) is 34.6. The Morgan fingerprint density at radius 3 is 2.48 bits per heavy atom. The predicted molar refractivity (Wildman–Crippen MR) is 232 cm³/mol. The van der Waals surface area contributed by atoms with E-state index in [0.29, 0.717) is 24.8 Å². The van der Waals surface area contributed by atoms with Crippen LogP contribution in [0.3, 0.4) is 0 Å². The summed E-state index contributed by atoms with van der Waals surface area (Å²) in [6.45, 7) is 11.0. The lowest BCUT2D eigenvalue weighted by Crippen LogP contribution is -2.49. The van der Waals surface area contributed by atoms with Crippen molar-refractivity contribution in [3.05, 3.63) is 96.0 Å². The Morgan fingerprint density at radius 1 is 0.951 bits per heavy atom. The Morgan fingerprint density at radius 2 is 1.74 bits per heavy atom. The van der Waals surface area contributed by atoms with Crippen LogP contribution < -0.4 is 31.1 Å². The number of aromatic amines is 1. The van der Waals surface area contributed by atoms with Gasteiger partial charge in [0, 0.05) is 84.3 Å². The average molecular weight is 823 g/mol. The van der Waals surface area contributed by atoms with Crippen LogP contribution in [-0.4, -0.2) is 87.2 Å². The number of hydrogen-bond donors (Lipinski definition) is 5. The molecule has 3 aliphatic rings. The maximum Gasteiger partial charge on any atom is 0.328 e. The summed E-state index contributed by atoms with van der Waals surface area (Å²) < 4.78 is 5.37. The number of nitrogens with zero attached hydrogens (tertiary/aromatic N) is 7. The van der Waals surface area contributed by atoms with Gasteiger partial charge in [0.1, 0.15) is 17.8 Å². The fourth-order valence-electron chi connectivity index (χ4n) is 8.23. The van der Waals surface area contributed by atoms with Gasteiger partial charge in [0.15, 0.2) is 0 Å². The van der Waals surface area contributed by atoms with Crippen LogP contribution in [0.15, 0.2) is 77.7 Å². The third kappa shape index (κ3) is 8.66. The number of pyridine rings is 1. The molecule has 3 fully saturated rings. The number of rotatable bonds is 14. The van der Waals surface area contributed by atoms with Crippen LogP contribution in [0.5, 0.6) is 0 Å². The quantitative estimate of drug-likeness (QED) is 0.0772. The maximum atomic E-state index is 12.9. The highest BCUT2D eigenvalue weighted by molar-refractivity contribution is 6.05. The molecule has 5 N–H and O–H groups in total. The number of anilines is 3. The molecule has 6 heterocycles. The molecule has 2 aromatic carbocycles. The molecule has 1 aliphatic carbocycles. The second-order valence-electron chi connectivity index (χ2n) is 16.7. The normalized spacial score (nSPS) is 17.0. The summed E-state index contributed by atoms with van der Waals surface area (Å²) in [5.41, 5.74) is 8.20. The van der Waals surface area contributed by atoms with Crippen LogP contribution in [0, 0.1) is 12.8 Å². The number of hydrogen-bond acceptors (Lipinski definition) is 12. The zero-order chi connectivity index (χ0) is 42.1. The van der Waals surface area contributed by atoms with Gasteiger partial charge in [-0.25, -0.2) is 19.7 Å². The van der Waals surface area contributed by atoms with Gasteiger partial charge in [-0.05, 0) is 112 Å². The second-order valence-corrected chi connectivity index (χ2v) is 16.7. The van der Waals surface area contributed by atoms with Gasteiger partial charge in [0.2, 0.25) is 11.8 Å². The lowest BCUT2D eigenvalue weighted by molar-refractivity contribution is -0.120. The van der Waals surface area contributed by atoms with Crippen molar-refractivity contribution >= 4 is 46.1 Å². The SMILES string of the molecule is Cc1cc(-c2ncnc3[nH]c(-c4ccc(NCCNCC5CCN(c6ccc(N7CCC(=O)NC7=O)cc6)CC5)nc4)cc23)ccc1[C@@H](C)NC(=O)c1noc(C2(C)CC2)n1. The fourth-order valence-corrected chi connectivity index (χ4v) is 8.23. The van der Waals surface area contributed by atoms with Crippen LogP contribution in [0.1, 0.15) is 79.6 Å². The number of aromatic nitrogens is 6. The first-order valence-electron chi connectivity index (χ1n) is 21.1. The Bertz CT molecular complexity index is 2560. The van der Waals surface area contributed by atoms with E-state index in [1.165, 1.54) is 0 Å². The summed E-state index contributed by atoms with van der Waals surface area (Å²) in [5.74, 6) is 1.42. The van der Waals surface area contributed by atoms with E-state index in [4.69, 9.17) is 4.52 Å². The number of imide groups is 1. The third-order valence-corrected chi connectivity index (χ3v) is 12.2. The number of H-pyrrole nitrogens is 1. The first-order chi connectivity index (χ1) is 29.6. The van der Waals surface area contributed by atoms with Crippen molar-refractivity contribution in [2.45, 2.75) is 64.3 Å². The maximum absolute atomic E-state index is 12.9. The molecule has 0 spiro atoms. The standard InChI is InChI=1S/C45H50N12O4/c1-27-22-30(4-10-34(27)28(2)51-42(59)41-54-43(61-55-41)45(3)15-16-45)39-35-23-36(52-40(35)50-26-49-39)31-5-11-37(48-25-31)47-18-17-46-24-29-12-19-56(20-13-29)32-6-8-33(9-7-32)57-21-14-38(58)53-44(57)60/h4-11,22-23,25-26,28-29,46H,12-21,24H2,1-3H3,(H,47,48)(H,51,59)(H,49,50,52)(H,53,58,60)/t28-/m1/s1. The predicted octanol–water partition coefficient (Wildman–Crippen LogP) is 6.29. The van der Waals surface area contributed by atoms with Gasteiger partial charge in [-0.15, -0.1) is 0 Å². The number of urea groups is 1. The molecule has 4 amide bonds. The van der Waals surface area contributed by atoms with Gasteiger partial charge in [-0.3, -0.25) is 19.8 Å². The van der Waals surface area contributed by atoms with E-state index >= 15 is 0 Å². The largest absolute Gasteiger partial charge is 0.372 e. The second kappa shape index (κ2) is 16.8. The van der Waals surface area contributed by atoms with Crippen LogP contribution in [0.25, 0.3) is 33.5 Å². The van der Waals surface area contributed by atoms with Crippen molar-refractivity contribution in [2.24, 2.45) is 5.92 Å². The zero-order valence-electron chi connectivity index (χ0n) is 34.6. The molecule has 314 valence electrons. The summed E-state index contributed by atoms with van der Waals surface area (Å²) in [5, 5.41) is 17.3. The van der Waals surface area contributed by atoms with E-state index in [0.717, 1.165) is 120 Å². The van der Waals surface area contributed by atoms with Crippen molar-refractivity contribution in [3.63, 3.8) is 0 Å². The molecular weight excluding hydrogens is 773 g/mol. The molecule has 0 bridgehead atoms. The number of nitrogens with one attached hydrogen (secondary N) is 5. The third-order valence-electron chi connectivity index (χ3n) is 12.2. The van der Waals surface area contributed by atoms with E-state index < -0.39 is 0 Å². The molecule has 6 aromatic rings. The first-order valence-corrected chi connectivity index (χ1v) is 21.1. The highest BCUT2D eigenvalue weighted by Gasteiger charge is 2.45. The number of benzene rings is 2. The smallest absolute Gasteiger partial charge is 0.328 e. The van der Waals surface area contributed by atoms with Crippen LogP contribution >= 0.6 is 0 Å². The summed E-state index contributed by atoms with van der Waals surface area (Å²) >= 11 is 0. The van der Waals surface area contributed by atoms with Crippen LogP contribution in [0.4, 0.5) is 22.0 Å². The van der Waals surface area contributed by atoms with E-state index in [1.807, 2.05) is 56.4 Å². The van der Waals surface area contributed by atoms with Crippen LogP contribution in [-0.2, 0) is 10.2 Å². The van der Waals surface area contributed by atoms with E-state index in [9.17, 15) is 14.4 Å². The molecule has 2 aliphatic heterocycles. The summed E-state index contributed by atoms with van der Waals surface area (Å²) in [6.07, 6.45) is 7.94. The number of aryl methyl sites for hydroxylation is 1. The Hall–Kier alpha value is -6.68. The highest BCUT2D eigenvalue weighted by Crippen LogP contribution is 2.46. The Balaban J connectivity index is 0.734. The molecule has 1 atom stereocenters. The Labute approximate surface area is 353 Å². The monoisotopic (exact) mass is 822 g/mol. The lowest BCUT2D eigenvalue weighted by Gasteiger charge is -2.34. The highest BCUT2D eigenvalue weighted by atomic mass is 16.5. The minimum absolute atomic E-state index is 0.0556. The van der Waals surface area contributed by atoms with Gasteiger partial charge in [0.25, 0.3) is 11.7 Å². The molecule has 9 rings (SSSR count). The molecule has 1 saturated carbocycles. The minimum Gasteiger partial charge on any atom is -0.372 e. The van der Waals surface area contributed by atoms with E-state index in [2.05, 4.69) is 87.4 Å². The summed E-state index contributed by atoms with van der Waals surface area (Å²) in [7, 11) is 0. The topological polar surface area (TPSA) is 199 Å². The minimum atomic E-state index is -0.363.